The zero-order valence-corrected chi connectivity index (χ0v) is 21.0. The van der Waals surface area contributed by atoms with Gasteiger partial charge >= 0.3 is 11.9 Å². The van der Waals surface area contributed by atoms with Crippen LogP contribution in [0, 0.1) is 11.3 Å². The molecular weight excluding hydrogens is 448 g/mol. The van der Waals surface area contributed by atoms with Crippen LogP contribution in [0.5, 0.6) is 11.5 Å². The summed E-state index contributed by atoms with van der Waals surface area (Å²) in [4.78, 5) is 35.6. The Morgan fingerprint density at radius 3 is 2.09 bits per heavy atom. The predicted molar refractivity (Wildman–Crippen MR) is 134 cm³/mol. The van der Waals surface area contributed by atoms with E-state index >= 15 is 0 Å². The summed E-state index contributed by atoms with van der Waals surface area (Å²) >= 11 is 0. The van der Waals surface area contributed by atoms with Gasteiger partial charge in [-0.1, -0.05) is 20.8 Å². The lowest BCUT2D eigenvalue weighted by Crippen LogP contribution is -2.29. The van der Waals surface area contributed by atoms with E-state index in [0.717, 1.165) is 6.42 Å². The Kier molecular flexibility index (Phi) is 10.7. The van der Waals surface area contributed by atoms with Crippen molar-refractivity contribution in [1.82, 2.24) is 0 Å². The number of nitrogens with two attached hydrogens (primary N) is 1. The lowest BCUT2D eigenvalue weighted by atomic mass is 9.85. The minimum absolute atomic E-state index is 0.0173. The van der Waals surface area contributed by atoms with Crippen LogP contribution in [-0.4, -0.2) is 37.6 Å². The van der Waals surface area contributed by atoms with Crippen LogP contribution in [-0.2, 0) is 14.3 Å². The van der Waals surface area contributed by atoms with E-state index in [-0.39, 0.29) is 29.8 Å². The van der Waals surface area contributed by atoms with Crippen LogP contribution >= 0.6 is 0 Å². The molecule has 1 unspecified atom stereocenters. The van der Waals surface area contributed by atoms with Crippen molar-refractivity contribution in [2.45, 2.75) is 47.0 Å². The summed E-state index contributed by atoms with van der Waals surface area (Å²) in [6.45, 7) is 8.73. The first-order valence-corrected chi connectivity index (χ1v) is 11.8. The van der Waals surface area contributed by atoms with E-state index in [9.17, 15) is 14.4 Å². The Balaban J connectivity index is 1.69. The second-order valence-electron chi connectivity index (χ2n) is 9.54. The summed E-state index contributed by atoms with van der Waals surface area (Å²) in [6, 6.07) is 13.2. The maximum Gasteiger partial charge on any atom is 0.343 e. The molecule has 0 saturated carbocycles. The van der Waals surface area contributed by atoms with Crippen molar-refractivity contribution in [3.8, 4) is 11.5 Å². The third-order valence-electron chi connectivity index (χ3n) is 5.00. The Labute approximate surface area is 207 Å². The third-order valence-corrected chi connectivity index (χ3v) is 5.00. The lowest BCUT2D eigenvalue weighted by molar-refractivity contribution is -0.149. The normalized spacial score (nSPS) is 11.9. The molecule has 0 spiro atoms. The van der Waals surface area contributed by atoms with Gasteiger partial charge in [0.15, 0.2) is 0 Å². The van der Waals surface area contributed by atoms with Gasteiger partial charge in [0.25, 0.3) is 0 Å². The fourth-order valence-electron chi connectivity index (χ4n) is 3.35. The average Bonchev–Trinajstić information content (AvgIpc) is 2.80. The largest absolute Gasteiger partial charge is 0.494 e. The van der Waals surface area contributed by atoms with Gasteiger partial charge in [-0.05, 0) is 73.2 Å². The number of benzene rings is 2. The molecule has 0 aliphatic rings. The number of anilines is 1. The Morgan fingerprint density at radius 2 is 1.51 bits per heavy atom. The first kappa shape index (κ1) is 27.9. The number of rotatable bonds is 12. The maximum absolute atomic E-state index is 12.3. The van der Waals surface area contributed by atoms with Crippen LogP contribution in [0.2, 0.25) is 0 Å². The molecule has 0 bridgehead atoms. The van der Waals surface area contributed by atoms with Crippen molar-refractivity contribution in [2.75, 3.05) is 25.1 Å². The summed E-state index contributed by atoms with van der Waals surface area (Å²) in [5.74, 6) is -0.178. The molecular formula is C27H36N2O6. The highest BCUT2D eigenvalue weighted by molar-refractivity contribution is 5.91. The number of carbonyl (C=O) groups excluding carboxylic acids is 3. The van der Waals surface area contributed by atoms with E-state index in [2.05, 4.69) is 26.1 Å². The van der Waals surface area contributed by atoms with Crippen LogP contribution in [0.1, 0.15) is 57.3 Å². The first-order chi connectivity index (χ1) is 16.6. The van der Waals surface area contributed by atoms with Gasteiger partial charge in [-0.25, -0.2) is 4.79 Å². The summed E-state index contributed by atoms with van der Waals surface area (Å²) in [5.41, 5.74) is 6.75. The van der Waals surface area contributed by atoms with Crippen molar-refractivity contribution in [3.05, 3.63) is 54.1 Å². The van der Waals surface area contributed by atoms with E-state index in [1.54, 1.807) is 48.5 Å². The summed E-state index contributed by atoms with van der Waals surface area (Å²) in [6.07, 6.45) is 2.10. The summed E-state index contributed by atoms with van der Waals surface area (Å²) in [5, 5.41) is 2.65. The van der Waals surface area contributed by atoms with Crippen LogP contribution < -0.4 is 20.5 Å². The summed E-state index contributed by atoms with van der Waals surface area (Å²) < 4.78 is 16.4. The van der Waals surface area contributed by atoms with E-state index in [1.165, 1.54) is 6.92 Å². The second kappa shape index (κ2) is 13.5. The number of amides is 1. The van der Waals surface area contributed by atoms with Crippen molar-refractivity contribution >= 4 is 23.5 Å². The van der Waals surface area contributed by atoms with Crippen LogP contribution in [0.4, 0.5) is 5.69 Å². The highest BCUT2D eigenvalue weighted by atomic mass is 16.5. The van der Waals surface area contributed by atoms with E-state index < -0.39 is 5.97 Å². The SMILES string of the molecule is CC(=O)Nc1ccc(OC(=O)c2ccc(OCCCCOC(=O)C(CN)CC(C)(C)C)cc2)cc1. The Bertz CT molecular complexity index is 965. The average molecular weight is 485 g/mol. The minimum Gasteiger partial charge on any atom is -0.494 e. The minimum atomic E-state index is -0.493. The molecule has 0 aliphatic carbocycles. The quantitative estimate of drug-likeness (QED) is 0.257. The van der Waals surface area contributed by atoms with Crippen LogP contribution in [0.3, 0.4) is 0 Å². The monoisotopic (exact) mass is 484 g/mol. The van der Waals surface area contributed by atoms with E-state index in [4.69, 9.17) is 19.9 Å². The highest BCUT2D eigenvalue weighted by Crippen LogP contribution is 2.24. The van der Waals surface area contributed by atoms with Crippen molar-refractivity contribution in [2.24, 2.45) is 17.1 Å². The zero-order chi connectivity index (χ0) is 25.8. The Hall–Kier alpha value is -3.39. The first-order valence-electron chi connectivity index (χ1n) is 11.8. The topological polar surface area (TPSA) is 117 Å². The molecule has 1 atom stereocenters. The number of carbonyl (C=O) groups is 3. The molecule has 3 N–H and O–H groups in total. The van der Waals surface area contributed by atoms with Crippen molar-refractivity contribution in [3.63, 3.8) is 0 Å². The van der Waals surface area contributed by atoms with Gasteiger partial charge in [0.05, 0.1) is 24.7 Å². The number of ether oxygens (including phenoxy) is 3. The van der Waals surface area contributed by atoms with Gasteiger partial charge in [0.2, 0.25) is 5.91 Å². The standard InChI is InChI=1S/C27H36N2O6/c1-19(30)29-22-9-13-24(14-10-22)35-26(32)20-7-11-23(12-8-20)33-15-5-6-16-34-25(31)21(18-28)17-27(2,3)4/h7-14,21H,5-6,15-18,28H2,1-4H3,(H,29,30). The molecule has 2 aromatic carbocycles. The number of unbranched alkanes of at least 4 members (excludes halogenated alkanes) is 1. The summed E-state index contributed by atoms with van der Waals surface area (Å²) in [7, 11) is 0. The predicted octanol–water partition coefficient (Wildman–Crippen LogP) is 4.58. The second-order valence-corrected chi connectivity index (χ2v) is 9.54. The van der Waals surface area contributed by atoms with Crippen LogP contribution in [0.25, 0.3) is 0 Å². The number of esters is 2. The number of hydrogen-bond donors (Lipinski definition) is 2. The molecule has 0 heterocycles. The van der Waals surface area contributed by atoms with Gasteiger partial charge < -0.3 is 25.3 Å². The number of hydrogen-bond acceptors (Lipinski definition) is 7. The molecule has 2 aromatic rings. The fraction of sp³-hybridized carbons (Fsp3) is 0.444. The van der Waals surface area contributed by atoms with Gasteiger partial charge in [0.1, 0.15) is 11.5 Å². The van der Waals surface area contributed by atoms with Gasteiger partial charge in [0, 0.05) is 19.2 Å². The van der Waals surface area contributed by atoms with Gasteiger partial charge in [-0.3, -0.25) is 9.59 Å². The van der Waals surface area contributed by atoms with Gasteiger partial charge in [-0.2, -0.15) is 0 Å². The number of nitrogens with one attached hydrogen (secondary N) is 1. The van der Waals surface area contributed by atoms with Gasteiger partial charge in [-0.15, -0.1) is 0 Å². The molecule has 0 fully saturated rings. The maximum atomic E-state index is 12.3. The van der Waals surface area contributed by atoms with E-state index in [1.807, 2.05) is 0 Å². The molecule has 190 valence electrons. The molecule has 8 nitrogen and oxygen atoms in total. The smallest absolute Gasteiger partial charge is 0.343 e. The molecule has 1 amide bonds. The van der Waals surface area contributed by atoms with Crippen LogP contribution in [0.15, 0.2) is 48.5 Å². The molecule has 0 radical (unpaired) electrons. The highest BCUT2D eigenvalue weighted by Gasteiger charge is 2.24. The fourth-order valence-corrected chi connectivity index (χ4v) is 3.35. The zero-order valence-electron chi connectivity index (χ0n) is 21.0. The molecule has 35 heavy (non-hydrogen) atoms. The molecule has 0 aliphatic heterocycles. The molecule has 0 saturated heterocycles. The third kappa shape index (κ3) is 10.6. The Morgan fingerprint density at radius 1 is 0.914 bits per heavy atom. The molecule has 8 heteroatoms. The molecule has 0 aromatic heterocycles. The molecule has 2 rings (SSSR count). The lowest BCUT2D eigenvalue weighted by Gasteiger charge is -2.23. The van der Waals surface area contributed by atoms with Crippen molar-refractivity contribution < 1.29 is 28.6 Å². The van der Waals surface area contributed by atoms with E-state index in [0.29, 0.717) is 48.8 Å². The van der Waals surface area contributed by atoms with Crippen molar-refractivity contribution in [1.29, 1.82) is 0 Å².